The topological polar surface area (TPSA) is 6.48 Å². The number of hydrogen-bond acceptors (Lipinski definition) is 2. The van der Waals surface area contributed by atoms with Gasteiger partial charge < -0.3 is 9.80 Å². The van der Waals surface area contributed by atoms with Gasteiger partial charge in [-0.05, 0) is 205 Å². The van der Waals surface area contributed by atoms with Crippen LogP contribution in [-0.2, 0) is 10.8 Å². The van der Waals surface area contributed by atoms with E-state index >= 15 is 0 Å². The van der Waals surface area contributed by atoms with Crippen LogP contribution >= 0.6 is 0 Å². The van der Waals surface area contributed by atoms with Crippen molar-refractivity contribution in [3.05, 3.63) is 145 Å². The standard InChI is InChI=1S/C57H55BN2Si/c1-61(46-8-3-2-4-9-46)51-14-6-12-49-54(51)58-53-47(59(49)44-20-16-42(17-21-44)56-30-36-24-37(31-56)26-38(25-36)32-56)10-5-11-48(53)60(50-13-7-15-52(61)55(50)58)45-22-18-43(19-23-45)57-33-39-27-40(34-57)29-41(28-39)35-57/h2-23,36-41H,24-35H2,1H3. The lowest BCUT2D eigenvalue weighted by Crippen LogP contribution is -2.83. The normalized spacial score (nSPS) is 33.6. The third-order valence-electron chi connectivity index (χ3n) is 19.0. The van der Waals surface area contributed by atoms with Gasteiger partial charge in [-0.25, -0.2) is 0 Å². The number of anilines is 6. The third kappa shape index (κ3) is 4.56. The van der Waals surface area contributed by atoms with Gasteiger partial charge in [-0.15, -0.1) is 0 Å². The highest BCUT2D eigenvalue weighted by Crippen LogP contribution is 2.62. The lowest BCUT2D eigenvalue weighted by Gasteiger charge is -2.57. The van der Waals surface area contributed by atoms with Gasteiger partial charge in [0, 0.05) is 34.1 Å². The number of nitrogens with zero attached hydrogens (tertiary/aromatic N) is 2. The Morgan fingerprint density at radius 1 is 0.410 bits per heavy atom. The summed E-state index contributed by atoms with van der Waals surface area (Å²) in [7, 11) is -2.45. The van der Waals surface area contributed by atoms with E-state index in [1.807, 2.05) is 0 Å². The summed E-state index contributed by atoms with van der Waals surface area (Å²) in [6.45, 7) is 2.84. The van der Waals surface area contributed by atoms with Crippen molar-refractivity contribution in [2.75, 3.05) is 9.80 Å². The zero-order valence-corrected chi connectivity index (χ0v) is 36.6. The summed E-state index contributed by atoms with van der Waals surface area (Å²) in [5.41, 5.74) is 16.6. The molecule has 0 N–H and O–H groups in total. The molecule has 300 valence electrons. The van der Waals surface area contributed by atoms with Gasteiger partial charge in [0.2, 0.25) is 0 Å². The fraction of sp³-hybridized carbons (Fsp3) is 0.368. The Hall–Kier alpha value is -4.80. The highest BCUT2D eigenvalue weighted by molar-refractivity contribution is 7.21. The molecule has 8 bridgehead atoms. The molecule has 8 saturated carbocycles. The molecule has 0 radical (unpaired) electrons. The van der Waals surface area contributed by atoms with Crippen LogP contribution < -0.4 is 41.7 Å². The average Bonchev–Trinajstić information content (AvgIpc) is 3.28. The van der Waals surface area contributed by atoms with Gasteiger partial charge in [-0.1, -0.05) is 102 Å². The fourth-order valence-corrected chi connectivity index (χ4v) is 21.8. The summed E-state index contributed by atoms with van der Waals surface area (Å²) in [5, 5.41) is 4.66. The maximum absolute atomic E-state index is 2.67. The molecule has 2 nitrogen and oxygen atoms in total. The molecule has 0 spiro atoms. The third-order valence-corrected chi connectivity index (χ3v) is 23.6. The van der Waals surface area contributed by atoms with E-state index in [1.165, 1.54) is 122 Å². The summed E-state index contributed by atoms with van der Waals surface area (Å²) >= 11 is 0. The van der Waals surface area contributed by atoms with E-state index in [9.17, 15) is 0 Å². The SMILES string of the molecule is C[Si]1(c2ccccc2)c2cccc3c2B2c4c(cccc4N(c4ccc(C56CC7CC(CC(C7)C5)C6)cc4)c4cccc1c42)N3c1ccc(C23CC4CC(CC(C4)C2)C3)cc1. The molecule has 3 heterocycles. The van der Waals surface area contributed by atoms with Crippen molar-refractivity contribution in [2.45, 2.75) is 94.4 Å². The van der Waals surface area contributed by atoms with Crippen molar-refractivity contribution >= 4 is 80.9 Å². The molecule has 0 unspecified atom stereocenters. The number of hydrogen-bond donors (Lipinski definition) is 0. The van der Waals surface area contributed by atoms with Crippen LogP contribution in [0.3, 0.4) is 0 Å². The first-order valence-electron chi connectivity index (χ1n) is 24.2. The maximum atomic E-state index is 2.67. The average molecular weight is 807 g/mol. The summed E-state index contributed by atoms with van der Waals surface area (Å²) in [4.78, 5) is 5.34. The molecule has 61 heavy (non-hydrogen) atoms. The van der Waals surface area contributed by atoms with Gasteiger partial charge in [0.25, 0.3) is 6.71 Å². The van der Waals surface area contributed by atoms with E-state index < -0.39 is 8.07 Å². The van der Waals surface area contributed by atoms with Gasteiger partial charge in [0.05, 0.1) is 0 Å². The number of benzene rings is 6. The lowest BCUT2D eigenvalue weighted by atomic mass is 9.33. The van der Waals surface area contributed by atoms with Gasteiger partial charge >= 0.3 is 0 Å². The zero-order valence-electron chi connectivity index (χ0n) is 35.6. The van der Waals surface area contributed by atoms with Crippen molar-refractivity contribution < 1.29 is 0 Å². The van der Waals surface area contributed by atoms with Crippen LogP contribution in [0, 0.1) is 35.5 Å². The monoisotopic (exact) mass is 806 g/mol. The minimum Gasteiger partial charge on any atom is -0.311 e. The predicted octanol–water partition coefficient (Wildman–Crippen LogP) is 10.1. The zero-order chi connectivity index (χ0) is 39.8. The van der Waals surface area contributed by atoms with Crippen LogP contribution in [0.5, 0.6) is 0 Å². The predicted molar refractivity (Wildman–Crippen MR) is 257 cm³/mol. The first kappa shape index (κ1) is 34.8. The molecule has 6 aromatic rings. The molecule has 0 aromatic heterocycles. The van der Waals surface area contributed by atoms with E-state index in [-0.39, 0.29) is 6.71 Å². The molecule has 0 atom stereocenters. The highest BCUT2D eigenvalue weighted by atomic mass is 28.3. The molecule has 8 fully saturated rings. The molecule has 3 aliphatic heterocycles. The summed E-state index contributed by atoms with van der Waals surface area (Å²) < 4.78 is 0. The van der Waals surface area contributed by atoms with Crippen molar-refractivity contribution in [1.82, 2.24) is 0 Å². The van der Waals surface area contributed by atoms with Gasteiger partial charge in [0.15, 0.2) is 0 Å². The Morgan fingerprint density at radius 2 is 0.770 bits per heavy atom. The second-order valence-corrected chi connectivity index (χ2v) is 26.2. The van der Waals surface area contributed by atoms with Crippen molar-refractivity contribution in [1.29, 1.82) is 0 Å². The van der Waals surface area contributed by atoms with Crippen LogP contribution in [0.25, 0.3) is 0 Å². The van der Waals surface area contributed by atoms with Crippen molar-refractivity contribution in [3.8, 4) is 0 Å². The number of rotatable bonds is 5. The van der Waals surface area contributed by atoms with Gasteiger partial charge in [-0.2, -0.15) is 0 Å². The smallest absolute Gasteiger partial charge is 0.251 e. The van der Waals surface area contributed by atoms with E-state index in [0.29, 0.717) is 10.8 Å². The largest absolute Gasteiger partial charge is 0.311 e. The van der Waals surface area contributed by atoms with Crippen molar-refractivity contribution in [2.24, 2.45) is 35.5 Å². The van der Waals surface area contributed by atoms with Crippen LogP contribution in [0.15, 0.2) is 133 Å². The van der Waals surface area contributed by atoms with Crippen LogP contribution in [0.1, 0.15) is 88.2 Å². The molecule has 6 aromatic carbocycles. The quantitative estimate of drug-likeness (QED) is 0.160. The molecule has 4 heteroatoms. The van der Waals surface area contributed by atoms with E-state index in [1.54, 1.807) is 32.4 Å². The summed E-state index contributed by atoms with van der Waals surface area (Å²) in [5.74, 6) is 5.69. The Balaban J connectivity index is 0.924. The van der Waals surface area contributed by atoms with E-state index in [0.717, 1.165) is 35.5 Å². The van der Waals surface area contributed by atoms with E-state index in [4.69, 9.17) is 0 Å². The molecular weight excluding hydrogens is 752 g/mol. The highest BCUT2D eigenvalue weighted by Gasteiger charge is 2.55. The van der Waals surface area contributed by atoms with Gasteiger partial charge in [0.1, 0.15) is 8.07 Å². The lowest BCUT2D eigenvalue weighted by molar-refractivity contribution is -0.00530. The Labute approximate surface area is 363 Å². The van der Waals surface area contributed by atoms with E-state index in [2.05, 4.69) is 150 Å². The molecule has 0 amide bonds. The Kier molecular flexibility index (Phi) is 6.84. The van der Waals surface area contributed by atoms with Crippen LogP contribution in [0.2, 0.25) is 6.55 Å². The maximum Gasteiger partial charge on any atom is 0.251 e. The second-order valence-electron chi connectivity index (χ2n) is 22.3. The van der Waals surface area contributed by atoms with Gasteiger partial charge in [-0.3, -0.25) is 0 Å². The summed E-state index contributed by atoms with van der Waals surface area (Å²) in [6.07, 6.45) is 17.4. The molecule has 0 saturated heterocycles. The molecule has 8 aliphatic carbocycles. The van der Waals surface area contributed by atoms with Crippen LogP contribution in [-0.4, -0.2) is 14.8 Å². The van der Waals surface area contributed by atoms with Crippen LogP contribution in [0.4, 0.5) is 34.1 Å². The molecular formula is C57H55BN2Si. The Bertz CT molecular complexity index is 2570. The minimum absolute atomic E-state index is 0.193. The fourth-order valence-electron chi connectivity index (χ4n) is 17.5. The first-order chi connectivity index (χ1) is 29.9. The second kappa shape index (κ2) is 12.0. The molecule has 11 aliphatic rings. The Morgan fingerprint density at radius 3 is 1.16 bits per heavy atom. The van der Waals surface area contributed by atoms with Crippen molar-refractivity contribution in [3.63, 3.8) is 0 Å². The summed E-state index contributed by atoms with van der Waals surface area (Å²) in [6, 6.07) is 53.8. The first-order valence-corrected chi connectivity index (χ1v) is 26.7. The minimum atomic E-state index is -2.45. The molecule has 17 rings (SSSR count).